The molecule has 1 aromatic carbocycles. The molecule has 26 heavy (non-hydrogen) atoms. The Hall–Kier alpha value is -3.59. The molecule has 0 saturated heterocycles. The average molecular weight is 347 g/mol. The van der Waals surface area contributed by atoms with Gasteiger partial charge in [0.1, 0.15) is 17.6 Å². The summed E-state index contributed by atoms with van der Waals surface area (Å²) in [5.74, 6) is 0.127. The molecule has 0 aliphatic rings. The van der Waals surface area contributed by atoms with E-state index in [-0.39, 0.29) is 11.7 Å². The molecule has 0 fully saturated rings. The molecule has 6 heteroatoms. The van der Waals surface area contributed by atoms with E-state index in [0.717, 1.165) is 16.9 Å². The van der Waals surface area contributed by atoms with Gasteiger partial charge in [-0.15, -0.1) is 0 Å². The first-order valence-electron chi connectivity index (χ1n) is 8.07. The van der Waals surface area contributed by atoms with Crippen molar-refractivity contribution in [2.24, 2.45) is 0 Å². The van der Waals surface area contributed by atoms with E-state index in [1.54, 1.807) is 17.0 Å². The zero-order valence-electron chi connectivity index (χ0n) is 14.4. The molecule has 1 N–H and O–H groups in total. The number of nitriles is 1. The van der Waals surface area contributed by atoms with Gasteiger partial charge in [-0.2, -0.15) is 5.26 Å². The number of nitrogens with zero attached hydrogens (tertiary/aromatic N) is 3. The predicted molar refractivity (Wildman–Crippen MR) is 96.4 cm³/mol. The molecule has 0 unspecified atom stereocenters. The molecular formula is C20H17N3O3. The summed E-state index contributed by atoms with van der Waals surface area (Å²) in [4.78, 5) is 15.4. The second kappa shape index (κ2) is 7.11. The maximum Gasteiger partial charge on any atom is 0.335 e. The summed E-state index contributed by atoms with van der Waals surface area (Å²) in [5.41, 5.74) is 2.17. The highest BCUT2D eigenvalue weighted by molar-refractivity contribution is 5.88. The molecule has 0 bridgehead atoms. The van der Waals surface area contributed by atoms with Crippen LogP contribution in [0.2, 0.25) is 0 Å². The van der Waals surface area contributed by atoms with Gasteiger partial charge in [0.05, 0.1) is 17.2 Å². The van der Waals surface area contributed by atoms with Crippen LogP contribution in [0.15, 0.2) is 55.0 Å². The highest BCUT2D eigenvalue weighted by Crippen LogP contribution is 2.29. The van der Waals surface area contributed by atoms with Gasteiger partial charge >= 0.3 is 5.97 Å². The summed E-state index contributed by atoms with van der Waals surface area (Å²) in [6.07, 6.45) is 4.88. The Kier molecular flexibility index (Phi) is 4.72. The number of carboxylic acids is 1. The van der Waals surface area contributed by atoms with Gasteiger partial charge < -0.3 is 14.4 Å². The van der Waals surface area contributed by atoms with Crippen LogP contribution in [0.5, 0.6) is 5.75 Å². The van der Waals surface area contributed by atoms with Gasteiger partial charge in [-0.25, -0.2) is 9.78 Å². The number of carbonyl (C=O) groups is 1. The summed E-state index contributed by atoms with van der Waals surface area (Å²) in [5, 5.41) is 18.6. The van der Waals surface area contributed by atoms with Gasteiger partial charge in [-0.05, 0) is 43.7 Å². The van der Waals surface area contributed by atoms with Crippen LogP contribution in [0.25, 0.3) is 16.9 Å². The standard InChI is InChI=1S/C20H17N3O3/c1-13(2)26-17-5-3-4-14(8-17)18-12-23(11-16(18)10-21)19-9-15(20(24)25)6-7-22-19/h3-9,11-13H,1-2H3,(H,24,25). The second-order valence-corrected chi connectivity index (χ2v) is 6.01. The fourth-order valence-corrected chi connectivity index (χ4v) is 2.61. The Labute approximate surface area is 150 Å². The van der Waals surface area contributed by atoms with Crippen molar-refractivity contribution in [1.82, 2.24) is 9.55 Å². The summed E-state index contributed by atoms with van der Waals surface area (Å²) < 4.78 is 7.37. The van der Waals surface area contributed by atoms with E-state index in [0.29, 0.717) is 11.4 Å². The van der Waals surface area contributed by atoms with Crippen molar-refractivity contribution < 1.29 is 14.6 Å². The van der Waals surface area contributed by atoms with Crippen LogP contribution in [0.4, 0.5) is 0 Å². The van der Waals surface area contributed by atoms with Crippen LogP contribution in [0.1, 0.15) is 29.8 Å². The third kappa shape index (κ3) is 3.57. The molecule has 2 aromatic heterocycles. The fraction of sp³-hybridized carbons (Fsp3) is 0.150. The minimum absolute atomic E-state index is 0.0493. The lowest BCUT2D eigenvalue weighted by Crippen LogP contribution is -2.05. The Morgan fingerprint density at radius 1 is 1.27 bits per heavy atom. The van der Waals surface area contributed by atoms with Crippen molar-refractivity contribution in [3.63, 3.8) is 0 Å². The van der Waals surface area contributed by atoms with Crippen molar-refractivity contribution >= 4 is 5.97 Å². The minimum Gasteiger partial charge on any atom is -0.491 e. The number of hydrogen-bond acceptors (Lipinski definition) is 4. The van der Waals surface area contributed by atoms with E-state index >= 15 is 0 Å². The topological polar surface area (TPSA) is 88.1 Å². The largest absolute Gasteiger partial charge is 0.491 e. The molecule has 3 rings (SSSR count). The van der Waals surface area contributed by atoms with E-state index in [4.69, 9.17) is 9.84 Å². The molecule has 2 heterocycles. The lowest BCUT2D eigenvalue weighted by molar-refractivity contribution is 0.0696. The Balaban J connectivity index is 2.04. The van der Waals surface area contributed by atoms with Crippen LogP contribution >= 0.6 is 0 Å². The number of benzene rings is 1. The van der Waals surface area contributed by atoms with E-state index in [1.165, 1.54) is 18.3 Å². The van der Waals surface area contributed by atoms with Crippen molar-refractivity contribution in [2.45, 2.75) is 20.0 Å². The summed E-state index contributed by atoms with van der Waals surface area (Å²) >= 11 is 0. The zero-order chi connectivity index (χ0) is 18.7. The SMILES string of the molecule is CC(C)Oc1cccc(-c2cn(-c3cc(C(=O)O)ccn3)cc2C#N)c1. The average Bonchev–Trinajstić information content (AvgIpc) is 3.06. The molecule has 0 aliphatic carbocycles. The highest BCUT2D eigenvalue weighted by Gasteiger charge is 2.13. The molecule has 3 aromatic rings. The lowest BCUT2D eigenvalue weighted by atomic mass is 10.1. The van der Waals surface area contributed by atoms with Crippen molar-refractivity contribution in [1.29, 1.82) is 5.26 Å². The highest BCUT2D eigenvalue weighted by atomic mass is 16.5. The summed E-state index contributed by atoms with van der Waals surface area (Å²) in [7, 11) is 0. The number of hydrogen-bond donors (Lipinski definition) is 1. The van der Waals surface area contributed by atoms with Crippen LogP contribution in [0.3, 0.4) is 0 Å². The van der Waals surface area contributed by atoms with Crippen LogP contribution in [-0.4, -0.2) is 26.7 Å². The summed E-state index contributed by atoms with van der Waals surface area (Å²) in [6.45, 7) is 3.90. The second-order valence-electron chi connectivity index (χ2n) is 6.01. The van der Waals surface area contributed by atoms with Gasteiger partial charge in [0.25, 0.3) is 0 Å². The molecule has 130 valence electrons. The monoisotopic (exact) mass is 347 g/mol. The van der Waals surface area contributed by atoms with Crippen LogP contribution in [0, 0.1) is 11.3 Å². The summed E-state index contributed by atoms with van der Waals surface area (Å²) in [6, 6.07) is 12.6. The predicted octanol–water partition coefficient (Wildman–Crippen LogP) is 3.90. The van der Waals surface area contributed by atoms with Gasteiger partial charge in [0.15, 0.2) is 0 Å². The fourth-order valence-electron chi connectivity index (χ4n) is 2.61. The minimum atomic E-state index is -1.03. The molecule has 6 nitrogen and oxygen atoms in total. The van der Waals surface area contributed by atoms with Gasteiger partial charge in [-0.3, -0.25) is 0 Å². The number of aromatic nitrogens is 2. The number of ether oxygens (including phenoxy) is 1. The zero-order valence-corrected chi connectivity index (χ0v) is 14.4. The molecule has 0 saturated carbocycles. The van der Waals surface area contributed by atoms with E-state index in [9.17, 15) is 10.1 Å². The van der Waals surface area contributed by atoms with Crippen molar-refractivity contribution in [3.05, 3.63) is 66.1 Å². The van der Waals surface area contributed by atoms with Gasteiger partial charge in [0, 0.05) is 24.2 Å². The smallest absolute Gasteiger partial charge is 0.335 e. The Morgan fingerprint density at radius 2 is 2.08 bits per heavy atom. The molecule has 0 spiro atoms. The van der Waals surface area contributed by atoms with E-state index < -0.39 is 5.97 Å². The van der Waals surface area contributed by atoms with Gasteiger partial charge in [-0.1, -0.05) is 12.1 Å². The molecule has 0 amide bonds. The van der Waals surface area contributed by atoms with Crippen LogP contribution < -0.4 is 4.74 Å². The molecular weight excluding hydrogens is 330 g/mol. The number of rotatable bonds is 5. The Bertz CT molecular complexity index is 1000. The maximum absolute atomic E-state index is 11.2. The number of pyridine rings is 1. The molecule has 0 radical (unpaired) electrons. The van der Waals surface area contributed by atoms with Crippen LogP contribution in [-0.2, 0) is 0 Å². The van der Waals surface area contributed by atoms with Crippen molar-refractivity contribution in [3.8, 4) is 28.8 Å². The molecule has 0 atom stereocenters. The Morgan fingerprint density at radius 3 is 2.77 bits per heavy atom. The number of carboxylic acid groups (broad SMARTS) is 1. The third-order valence-corrected chi connectivity index (χ3v) is 3.72. The molecule has 0 aliphatic heterocycles. The third-order valence-electron chi connectivity index (χ3n) is 3.72. The lowest BCUT2D eigenvalue weighted by Gasteiger charge is -2.10. The van der Waals surface area contributed by atoms with Gasteiger partial charge in [0.2, 0.25) is 0 Å². The first-order valence-corrected chi connectivity index (χ1v) is 8.07. The van der Waals surface area contributed by atoms with Crippen molar-refractivity contribution in [2.75, 3.05) is 0 Å². The van der Waals surface area contributed by atoms with E-state index in [1.807, 2.05) is 38.1 Å². The first-order chi connectivity index (χ1) is 12.5. The number of aromatic carboxylic acids is 1. The first kappa shape index (κ1) is 17.2. The quantitative estimate of drug-likeness (QED) is 0.756. The van der Waals surface area contributed by atoms with E-state index in [2.05, 4.69) is 11.1 Å². The normalized spacial score (nSPS) is 10.5. The maximum atomic E-state index is 11.2.